The molecule has 0 fully saturated rings. The summed E-state index contributed by atoms with van der Waals surface area (Å²) < 4.78 is 0. The van der Waals surface area contributed by atoms with Gasteiger partial charge in [-0.05, 0) is 46.7 Å². The molecule has 0 saturated carbocycles. The van der Waals surface area contributed by atoms with E-state index in [0.717, 1.165) is 22.4 Å². The molecule has 0 saturated heterocycles. The molecule has 0 aliphatic heterocycles. The quantitative estimate of drug-likeness (QED) is 0.511. The maximum absolute atomic E-state index is 12.7. The molecule has 0 aliphatic rings. The average Bonchev–Trinajstić information content (AvgIpc) is 2.60. The Balaban J connectivity index is 2.39. The second-order valence-corrected chi connectivity index (χ2v) is 7.23. The van der Waals surface area contributed by atoms with Crippen LogP contribution in [0.5, 0.6) is 0 Å². The first-order valence-electron chi connectivity index (χ1n) is 8.65. The Bertz CT molecular complexity index is 832. The number of nitrogens with one attached hydrogen (secondary N) is 1. The summed E-state index contributed by atoms with van der Waals surface area (Å²) >= 11 is 5.88. The molecule has 3 nitrogen and oxygen atoms in total. The first-order chi connectivity index (χ1) is 12.3. The minimum atomic E-state index is -0.405. The molecule has 0 atom stereocenters. The number of nitriles is 1. The summed E-state index contributed by atoms with van der Waals surface area (Å²) in [7, 11) is 0. The molecule has 134 valence electrons. The number of hydrogen-bond acceptors (Lipinski definition) is 2. The van der Waals surface area contributed by atoms with Gasteiger partial charge < -0.3 is 5.32 Å². The summed E-state index contributed by atoms with van der Waals surface area (Å²) in [6, 6.07) is 15.0. The lowest BCUT2D eigenvalue weighted by Gasteiger charge is -2.20. The van der Waals surface area contributed by atoms with Crippen LogP contribution in [0.1, 0.15) is 56.2 Å². The summed E-state index contributed by atoms with van der Waals surface area (Å²) in [6.45, 7) is 8.35. The molecule has 0 aliphatic carbocycles. The molecule has 2 rings (SSSR count). The minimum Gasteiger partial charge on any atom is -0.321 e. The SMILES string of the molecule is CC(C)c1cccc(C(C)C)c1NC(=O)/C(C#N)=C/c1ccc(Cl)cc1. The molecule has 2 aromatic rings. The maximum atomic E-state index is 12.7. The van der Waals surface area contributed by atoms with Crippen molar-refractivity contribution in [3.05, 3.63) is 69.8 Å². The van der Waals surface area contributed by atoms with Crippen LogP contribution in [0.4, 0.5) is 5.69 Å². The molecule has 4 heteroatoms. The van der Waals surface area contributed by atoms with Gasteiger partial charge in [-0.2, -0.15) is 5.26 Å². The first kappa shape index (κ1) is 19.8. The molecule has 0 unspecified atom stereocenters. The highest BCUT2D eigenvalue weighted by atomic mass is 35.5. The number of hydrogen-bond donors (Lipinski definition) is 1. The van der Waals surface area contributed by atoms with Crippen LogP contribution in [0.3, 0.4) is 0 Å². The fourth-order valence-electron chi connectivity index (χ4n) is 2.75. The summed E-state index contributed by atoms with van der Waals surface area (Å²) in [5.74, 6) is 0.113. The van der Waals surface area contributed by atoms with Gasteiger partial charge in [0.1, 0.15) is 11.6 Å². The Morgan fingerprint density at radius 2 is 1.58 bits per heavy atom. The van der Waals surface area contributed by atoms with E-state index in [0.29, 0.717) is 5.02 Å². The molecule has 2 aromatic carbocycles. The van der Waals surface area contributed by atoms with E-state index in [1.54, 1.807) is 30.3 Å². The number of carbonyl (C=O) groups is 1. The molecule has 26 heavy (non-hydrogen) atoms. The zero-order valence-electron chi connectivity index (χ0n) is 15.5. The van der Waals surface area contributed by atoms with Gasteiger partial charge in [0.15, 0.2) is 0 Å². The Kier molecular flexibility index (Phi) is 6.60. The topological polar surface area (TPSA) is 52.9 Å². The molecule has 0 radical (unpaired) electrons. The lowest BCUT2D eigenvalue weighted by molar-refractivity contribution is -0.112. The van der Waals surface area contributed by atoms with Gasteiger partial charge in [0.2, 0.25) is 0 Å². The monoisotopic (exact) mass is 366 g/mol. The number of benzene rings is 2. The number of rotatable bonds is 5. The van der Waals surface area contributed by atoms with Crippen molar-refractivity contribution in [2.45, 2.75) is 39.5 Å². The zero-order valence-corrected chi connectivity index (χ0v) is 16.3. The van der Waals surface area contributed by atoms with Gasteiger partial charge in [0.05, 0.1) is 0 Å². The molecule has 0 heterocycles. The van der Waals surface area contributed by atoms with Gasteiger partial charge in [-0.1, -0.05) is 69.6 Å². The van der Waals surface area contributed by atoms with Gasteiger partial charge in [-0.15, -0.1) is 0 Å². The predicted molar refractivity (Wildman–Crippen MR) is 108 cm³/mol. The molecule has 0 aromatic heterocycles. The van der Waals surface area contributed by atoms with Crippen LogP contribution in [-0.4, -0.2) is 5.91 Å². The summed E-state index contributed by atoms with van der Waals surface area (Å²) in [5.41, 5.74) is 3.74. The van der Waals surface area contributed by atoms with Crippen LogP contribution in [0.15, 0.2) is 48.0 Å². The molecular formula is C22H23ClN2O. The van der Waals surface area contributed by atoms with Crippen LogP contribution in [0.2, 0.25) is 5.02 Å². The number of carbonyl (C=O) groups excluding carboxylic acids is 1. The van der Waals surface area contributed by atoms with Gasteiger partial charge >= 0.3 is 0 Å². The number of halogens is 1. The standard InChI is InChI=1S/C22H23ClN2O/c1-14(2)19-6-5-7-20(15(3)4)21(19)25-22(26)17(13-24)12-16-8-10-18(23)11-9-16/h5-12,14-15H,1-4H3,(H,25,26)/b17-12+. The van der Waals surface area contributed by atoms with Crippen LogP contribution >= 0.6 is 11.6 Å². The highest BCUT2D eigenvalue weighted by Gasteiger charge is 2.18. The van der Waals surface area contributed by atoms with Crippen LogP contribution in [-0.2, 0) is 4.79 Å². The van der Waals surface area contributed by atoms with E-state index >= 15 is 0 Å². The van der Waals surface area contributed by atoms with Crippen LogP contribution in [0.25, 0.3) is 6.08 Å². The van der Waals surface area contributed by atoms with E-state index in [2.05, 4.69) is 33.0 Å². The van der Waals surface area contributed by atoms with E-state index in [1.807, 2.05) is 24.3 Å². The van der Waals surface area contributed by atoms with Gasteiger partial charge in [-0.3, -0.25) is 4.79 Å². The minimum absolute atomic E-state index is 0.0561. The van der Waals surface area contributed by atoms with E-state index in [-0.39, 0.29) is 17.4 Å². The summed E-state index contributed by atoms with van der Waals surface area (Å²) in [5, 5.41) is 13.0. The number of nitrogens with zero attached hydrogens (tertiary/aromatic N) is 1. The number of para-hydroxylation sites is 1. The van der Waals surface area contributed by atoms with Crippen molar-refractivity contribution in [3.8, 4) is 6.07 Å². The summed E-state index contributed by atoms with van der Waals surface area (Å²) in [4.78, 5) is 12.7. The van der Waals surface area contributed by atoms with E-state index in [4.69, 9.17) is 11.6 Å². The van der Waals surface area contributed by atoms with Crippen molar-refractivity contribution in [2.75, 3.05) is 5.32 Å². The van der Waals surface area contributed by atoms with Crippen molar-refractivity contribution in [1.29, 1.82) is 5.26 Å². The lowest BCUT2D eigenvalue weighted by Crippen LogP contribution is -2.17. The van der Waals surface area contributed by atoms with Gasteiger partial charge in [0.25, 0.3) is 5.91 Å². The predicted octanol–water partition coefficient (Wildman–Crippen LogP) is 6.13. The molecule has 1 amide bonds. The van der Waals surface area contributed by atoms with Crippen LogP contribution in [0, 0.1) is 11.3 Å². The largest absolute Gasteiger partial charge is 0.321 e. The van der Waals surface area contributed by atoms with E-state index in [1.165, 1.54) is 0 Å². The second-order valence-electron chi connectivity index (χ2n) is 6.80. The molecular weight excluding hydrogens is 344 g/mol. The van der Waals surface area contributed by atoms with Gasteiger partial charge in [-0.25, -0.2) is 0 Å². The fraction of sp³-hybridized carbons (Fsp3) is 0.273. The number of amides is 1. The van der Waals surface area contributed by atoms with Crippen LogP contribution < -0.4 is 5.32 Å². The third-order valence-corrected chi connectivity index (χ3v) is 4.41. The smallest absolute Gasteiger partial charge is 0.266 e. The van der Waals surface area contributed by atoms with E-state index < -0.39 is 5.91 Å². The Morgan fingerprint density at radius 1 is 1.04 bits per heavy atom. The molecule has 1 N–H and O–H groups in total. The van der Waals surface area contributed by atoms with Crippen molar-refractivity contribution in [2.24, 2.45) is 0 Å². The highest BCUT2D eigenvalue weighted by molar-refractivity contribution is 6.30. The summed E-state index contributed by atoms with van der Waals surface area (Å²) in [6.07, 6.45) is 1.57. The normalized spacial score (nSPS) is 11.5. The maximum Gasteiger partial charge on any atom is 0.266 e. The van der Waals surface area contributed by atoms with Crippen molar-refractivity contribution in [3.63, 3.8) is 0 Å². The third-order valence-electron chi connectivity index (χ3n) is 4.16. The average molecular weight is 367 g/mol. The molecule has 0 spiro atoms. The number of anilines is 1. The third kappa shape index (κ3) is 4.74. The Labute approximate surface area is 160 Å². The van der Waals surface area contributed by atoms with E-state index in [9.17, 15) is 10.1 Å². The fourth-order valence-corrected chi connectivity index (χ4v) is 2.88. The lowest BCUT2D eigenvalue weighted by atomic mass is 9.92. The van der Waals surface area contributed by atoms with Gasteiger partial charge in [0, 0.05) is 10.7 Å². The molecule has 0 bridgehead atoms. The Morgan fingerprint density at radius 3 is 2.04 bits per heavy atom. The van der Waals surface area contributed by atoms with Crippen molar-refractivity contribution in [1.82, 2.24) is 0 Å². The van der Waals surface area contributed by atoms with Crippen molar-refractivity contribution >= 4 is 29.3 Å². The first-order valence-corrected chi connectivity index (χ1v) is 9.02. The zero-order chi connectivity index (χ0) is 19.3. The highest BCUT2D eigenvalue weighted by Crippen LogP contribution is 2.32. The second kappa shape index (κ2) is 8.69. The Hall–Kier alpha value is -2.57. The van der Waals surface area contributed by atoms with Crippen molar-refractivity contribution < 1.29 is 4.79 Å².